The minimum Gasteiger partial charge on any atom is -0.483 e. The van der Waals surface area contributed by atoms with Gasteiger partial charge in [-0.05, 0) is 43.2 Å². The highest BCUT2D eigenvalue weighted by Gasteiger charge is 2.09. The average molecular weight is 388 g/mol. The van der Waals surface area contributed by atoms with E-state index in [0.29, 0.717) is 22.2 Å². The van der Waals surface area contributed by atoms with Gasteiger partial charge in [0.25, 0.3) is 5.91 Å². The first-order valence-corrected chi connectivity index (χ1v) is 8.70. The number of benzene rings is 2. The highest BCUT2D eigenvalue weighted by Crippen LogP contribution is 2.20. The summed E-state index contributed by atoms with van der Waals surface area (Å²) < 4.78 is 5.44. The van der Waals surface area contributed by atoms with Crippen molar-refractivity contribution in [2.45, 2.75) is 20.3 Å². The topological polar surface area (TPSA) is 79.5 Å². The van der Waals surface area contributed by atoms with E-state index in [0.717, 1.165) is 11.1 Å². The van der Waals surface area contributed by atoms with E-state index in [4.69, 9.17) is 16.3 Å². The van der Waals surface area contributed by atoms with Crippen LogP contribution in [0.5, 0.6) is 5.75 Å². The summed E-state index contributed by atoms with van der Waals surface area (Å²) in [6, 6.07) is 12.7. The first-order chi connectivity index (χ1) is 12.8. The maximum atomic E-state index is 12.1. The fourth-order valence-electron chi connectivity index (χ4n) is 2.22. The van der Waals surface area contributed by atoms with Crippen molar-refractivity contribution in [1.82, 2.24) is 10.9 Å². The predicted octanol–water partition coefficient (Wildman–Crippen LogP) is 3.50. The van der Waals surface area contributed by atoms with E-state index in [1.54, 1.807) is 18.2 Å². The molecule has 7 heteroatoms. The molecule has 0 atom stereocenters. The molecule has 27 heavy (non-hydrogen) atoms. The van der Waals surface area contributed by atoms with E-state index in [2.05, 4.69) is 22.7 Å². The maximum absolute atomic E-state index is 12.1. The molecule has 142 valence electrons. The minimum absolute atomic E-state index is 0.00904. The van der Waals surface area contributed by atoms with Crippen LogP contribution in [-0.4, -0.2) is 18.4 Å². The van der Waals surface area contributed by atoms with Gasteiger partial charge >= 0.3 is 0 Å². The number of carbonyl (C=O) groups excluding carboxylic acids is 2. The Bertz CT molecular complexity index is 852. The summed E-state index contributed by atoms with van der Waals surface area (Å²) >= 11 is 5.93. The molecule has 0 heterocycles. The number of aryl methyl sites for hydroxylation is 2. The summed E-state index contributed by atoms with van der Waals surface area (Å²) in [6.45, 7) is 7.34. The second-order valence-corrected chi connectivity index (χ2v) is 6.45. The molecule has 0 aromatic heterocycles. The van der Waals surface area contributed by atoms with Crippen molar-refractivity contribution >= 4 is 29.1 Å². The molecule has 6 nitrogen and oxygen atoms in total. The van der Waals surface area contributed by atoms with Gasteiger partial charge in [0, 0.05) is 16.4 Å². The van der Waals surface area contributed by atoms with Crippen molar-refractivity contribution in [3.63, 3.8) is 0 Å². The number of amides is 2. The van der Waals surface area contributed by atoms with E-state index >= 15 is 0 Å². The number of rotatable bonds is 8. The molecule has 0 fully saturated rings. The van der Waals surface area contributed by atoms with Crippen molar-refractivity contribution in [3.05, 3.63) is 70.9 Å². The molecule has 0 saturated carbocycles. The smallest absolute Gasteiger partial charge is 0.276 e. The second kappa shape index (κ2) is 9.64. The molecular formula is C20H22ClN3O3. The highest BCUT2D eigenvalue weighted by molar-refractivity contribution is 6.31. The SMILES string of the molecule is C=C(CC(=O)Nc1cc(Cl)ccc1C)NNC(=O)COc1ccccc1C. The molecule has 0 aliphatic rings. The lowest BCUT2D eigenvalue weighted by atomic mass is 10.2. The van der Waals surface area contributed by atoms with Gasteiger partial charge in [-0.15, -0.1) is 0 Å². The zero-order chi connectivity index (χ0) is 19.8. The van der Waals surface area contributed by atoms with Crippen LogP contribution in [0.2, 0.25) is 5.02 Å². The van der Waals surface area contributed by atoms with E-state index in [1.165, 1.54) is 0 Å². The van der Waals surface area contributed by atoms with Crippen LogP contribution in [0.3, 0.4) is 0 Å². The van der Waals surface area contributed by atoms with Crippen LogP contribution in [0, 0.1) is 13.8 Å². The maximum Gasteiger partial charge on any atom is 0.276 e. The predicted molar refractivity (Wildman–Crippen MR) is 107 cm³/mol. The molecule has 0 aliphatic carbocycles. The Hall–Kier alpha value is -2.99. The van der Waals surface area contributed by atoms with Crippen molar-refractivity contribution < 1.29 is 14.3 Å². The Kier molecular flexibility index (Phi) is 7.25. The largest absolute Gasteiger partial charge is 0.483 e. The lowest BCUT2D eigenvalue weighted by molar-refractivity contribution is -0.124. The highest BCUT2D eigenvalue weighted by atomic mass is 35.5. The van der Waals surface area contributed by atoms with Gasteiger partial charge in [0.05, 0.1) is 6.42 Å². The summed E-state index contributed by atoms with van der Waals surface area (Å²) in [5.41, 5.74) is 7.88. The van der Waals surface area contributed by atoms with Gasteiger partial charge in [-0.25, -0.2) is 0 Å². The number of nitrogens with one attached hydrogen (secondary N) is 3. The molecular weight excluding hydrogens is 366 g/mol. The van der Waals surface area contributed by atoms with E-state index in [1.807, 2.05) is 38.1 Å². The number of halogens is 1. The van der Waals surface area contributed by atoms with Gasteiger partial charge in [-0.1, -0.05) is 42.4 Å². The van der Waals surface area contributed by atoms with Gasteiger partial charge in [0.15, 0.2) is 6.61 Å². The van der Waals surface area contributed by atoms with Crippen LogP contribution in [0.15, 0.2) is 54.7 Å². The molecule has 3 N–H and O–H groups in total. The Morgan fingerprint density at radius 2 is 1.78 bits per heavy atom. The third-order valence-electron chi connectivity index (χ3n) is 3.68. The van der Waals surface area contributed by atoms with Crippen molar-refractivity contribution in [2.24, 2.45) is 0 Å². The summed E-state index contributed by atoms with van der Waals surface area (Å²) in [5, 5.41) is 3.30. The zero-order valence-corrected chi connectivity index (χ0v) is 16.0. The quantitative estimate of drug-likeness (QED) is 0.606. The van der Waals surface area contributed by atoms with Gasteiger partial charge in [0.1, 0.15) is 5.75 Å². The summed E-state index contributed by atoms with van der Waals surface area (Å²) in [5.74, 6) is -0.0171. The molecule has 2 rings (SSSR count). The fraction of sp³-hybridized carbons (Fsp3) is 0.200. The number of hydrogen-bond acceptors (Lipinski definition) is 4. The number of anilines is 1. The summed E-state index contributed by atoms with van der Waals surface area (Å²) in [7, 11) is 0. The monoisotopic (exact) mass is 387 g/mol. The Balaban J connectivity index is 1.73. The Morgan fingerprint density at radius 1 is 1.04 bits per heavy atom. The fourth-order valence-corrected chi connectivity index (χ4v) is 2.39. The number of ether oxygens (including phenoxy) is 1. The number of para-hydroxylation sites is 1. The van der Waals surface area contributed by atoms with Crippen LogP contribution in [0.1, 0.15) is 17.5 Å². The molecule has 0 spiro atoms. The minimum atomic E-state index is -0.384. The third-order valence-corrected chi connectivity index (χ3v) is 3.91. The second-order valence-electron chi connectivity index (χ2n) is 6.02. The van der Waals surface area contributed by atoms with Crippen LogP contribution in [-0.2, 0) is 9.59 Å². The third kappa shape index (κ3) is 6.67. The number of hydrogen-bond donors (Lipinski definition) is 3. The molecule has 2 aromatic carbocycles. The first kappa shape index (κ1) is 20.3. The van der Waals surface area contributed by atoms with Crippen LogP contribution in [0.25, 0.3) is 0 Å². The first-order valence-electron chi connectivity index (χ1n) is 8.32. The molecule has 0 bridgehead atoms. The lowest BCUT2D eigenvalue weighted by Gasteiger charge is -2.13. The molecule has 0 unspecified atom stereocenters. The number of carbonyl (C=O) groups is 2. The molecule has 2 aromatic rings. The van der Waals surface area contributed by atoms with E-state index in [9.17, 15) is 9.59 Å². The average Bonchev–Trinajstić information content (AvgIpc) is 2.62. The van der Waals surface area contributed by atoms with Crippen molar-refractivity contribution in [3.8, 4) is 5.75 Å². The molecule has 0 saturated heterocycles. The Labute approximate surface area is 163 Å². The van der Waals surface area contributed by atoms with Gasteiger partial charge in [-0.2, -0.15) is 0 Å². The van der Waals surface area contributed by atoms with Crippen LogP contribution < -0.4 is 20.9 Å². The normalized spacial score (nSPS) is 10.0. The number of hydrazine groups is 1. The molecule has 0 radical (unpaired) electrons. The van der Waals surface area contributed by atoms with Crippen molar-refractivity contribution in [1.29, 1.82) is 0 Å². The van der Waals surface area contributed by atoms with E-state index < -0.39 is 0 Å². The van der Waals surface area contributed by atoms with Gasteiger partial charge < -0.3 is 15.5 Å². The molecule has 2 amide bonds. The van der Waals surface area contributed by atoms with E-state index in [-0.39, 0.29) is 24.8 Å². The van der Waals surface area contributed by atoms with Crippen molar-refractivity contribution in [2.75, 3.05) is 11.9 Å². The molecule has 0 aliphatic heterocycles. The van der Waals surface area contributed by atoms with Crippen LogP contribution in [0.4, 0.5) is 5.69 Å². The Morgan fingerprint density at radius 3 is 2.52 bits per heavy atom. The summed E-state index contributed by atoms with van der Waals surface area (Å²) in [6.07, 6.45) is -0.00904. The standard InChI is InChI=1S/C20H22ClN3O3/c1-13-8-9-16(21)11-17(13)22-19(25)10-15(3)23-24-20(26)12-27-18-7-5-4-6-14(18)2/h4-9,11,23H,3,10,12H2,1-2H3,(H,22,25)(H,24,26). The zero-order valence-electron chi connectivity index (χ0n) is 15.3. The lowest BCUT2D eigenvalue weighted by Crippen LogP contribution is -2.40. The summed E-state index contributed by atoms with van der Waals surface area (Å²) in [4.78, 5) is 23.9. The van der Waals surface area contributed by atoms with Crippen LogP contribution >= 0.6 is 11.6 Å². The van der Waals surface area contributed by atoms with Gasteiger partial charge in [-0.3, -0.25) is 15.0 Å². The van der Waals surface area contributed by atoms with Gasteiger partial charge in [0.2, 0.25) is 5.91 Å².